The smallest absolute Gasteiger partial charge is 0.251 e. The quantitative estimate of drug-likeness (QED) is 0.258. The minimum atomic E-state index is -1.64. The lowest BCUT2D eigenvalue weighted by atomic mass is 9.78. The molecule has 1 aliphatic heterocycles. The number of carbonyl (C=O) groups excluding carboxylic acids is 2. The molecule has 0 radical (unpaired) electrons. The predicted molar refractivity (Wildman–Crippen MR) is 173 cm³/mol. The van der Waals surface area contributed by atoms with Gasteiger partial charge in [0.1, 0.15) is 34.9 Å². The lowest BCUT2D eigenvalue weighted by molar-refractivity contribution is -0.128. The van der Waals surface area contributed by atoms with Crippen LogP contribution in [0.2, 0.25) is 0 Å². The van der Waals surface area contributed by atoms with Crippen molar-refractivity contribution in [2.75, 3.05) is 20.3 Å². The van der Waals surface area contributed by atoms with Gasteiger partial charge in [0.15, 0.2) is 11.5 Å². The Bertz CT molecular complexity index is 1640. The molecule has 0 bridgehead atoms. The van der Waals surface area contributed by atoms with Crippen LogP contribution in [-0.4, -0.2) is 53.8 Å². The molecule has 0 saturated heterocycles. The minimum Gasteiger partial charge on any atom is -0.493 e. The Morgan fingerprint density at radius 2 is 1.80 bits per heavy atom. The number of aliphatic hydroxyl groups is 1. The van der Waals surface area contributed by atoms with Crippen LogP contribution in [0, 0.1) is 5.82 Å². The molecule has 3 N–H and O–H groups in total. The maximum absolute atomic E-state index is 14.0. The van der Waals surface area contributed by atoms with Gasteiger partial charge in [-0.05, 0) is 95.0 Å². The predicted octanol–water partition coefficient (Wildman–Crippen LogP) is 5.81. The highest BCUT2D eigenvalue weighted by atomic mass is 19.1. The third-order valence-corrected chi connectivity index (χ3v) is 9.45. The summed E-state index contributed by atoms with van der Waals surface area (Å²) in [4.78, 5) is 32.0. The molecule has 9 nitrogen and oxygen atoms in total. The summed E-state index contributed by atoms with van der Waals surface area (Å²) >= 11 is 0. The van der Waals surface area contributed by atoms with E-state index in [1.54, 1.807) is 43.3 Å². The van der Waals surface area contributed by atoms with Gasteiger partial charge in [0, 0.05) is 23.7 Å². The van der Waals surface area contributed by atoms with Crippen LogP contribution in [0.1, 0.15) is 88.8 Å². The zero-order valence-electron chi connectivity index (χ0n) is 26.9. The van der Waals surface area contributed by atoms with Crippen LogP contribution < -0.4 is 24.8 Å². The molecule has 10 heteroatoms. The number of halogens is 1. The molecule has 2 heterocycles. The number of pyridine rings is 1. The van der Waals surface area contributed by atoms with E-state index in [2.05, 4.69) is 17.6 Å². The maximum atomic E-state index is 14.0. The minimum absolute atomic E-state index is 0. The second kappa shape index (κ2) is 12.2. The van der Waals surface area contributed by atoms with Gasteiger partial charge in [-0.15, -0.1) is 0 Å². The standard InChI is InChI=1S/C36H42FN3O6.H2/c1-34(16-6-5-7-17-34)40-33(42)35(2)21-45-31-26(35)19-29(39-30(31)22-8-11-24(37)12-9-22)36(3,43)20-38-32(41)23-10-15-27(28(18-23)44-4)46-25-13-14-25;/h8-12,15,18-19,25,43H,5-7,13-14,16-17,20-21H2,1-4H3,(H,38,41)(H,40,42);1H/t35-,36-;/m0./s1. The summed E-state index contributed by atoms with van der Waals surface area (Å²) in [5, 5.41) is 17.9. The first-order chi connectivity index (χ1) is 21.9. The van der Waals surface area contributed by atoms with Crippen LogP contribution in [0.25, 0.3) is 11.3 Å². The number of hydrogen-bond donors (Lipinski definition) is 3. The SMILES string of the molecule is COc1cc(C(=O)NC[C@](C)(O)c2cc3c(c(-c4ccc(F)cc4)n2)OC[C@]3(C)C(=O)NC2(C)CCCCC2)ccc1OC1CC1.[HH]. The highest BCUT2D eigenvalue weighted by Gasteiger charge is 2.47. The third-order valence-electron chi connectivity index (χ3n) is 9.45. The van der Waals surface area contributed by atoms with Gasteiger partial charge in [-0.2, -0.15) is 0 Å². The van der Waals surface area contributed by atoms with Crippen molar-refractivity contribution in [2.24, 2.45) is 0 Å². The van der Waals surface area contributed by atoms with Crippen molar-refractivity contribution in [3.63, 3.8) is 0 Å². The van der Waals surface area contributed by atoms with Crippen molar-refractivity contribution in [3.8, 4) is 28.5 Å². The summed E-state index contributed by atoms with van der Waals surface area (Å²) in [6, 6.07) is 12.5. The number of aromatic nitrogens is 1. The van der Waals surface area contributed by atoms with Crippen LogP contribution >= 0.6 is 0 Å². The van der Waals surface area contributed by atoms with Gasteiger partial charge in [-0.1, -0.05) is 19.3 Å². The van der Waals surface area contributed by atoms with E-state index < -0.39 is 22.7 Å². The number of carbonyl (C=O) groups is 2. The van der Waals surface area contributed by atoms with E-state index in [9.17, 15) is 19.1 Å². The summed E-state index contributed by atoms with van der Waals surface area (Å²) in [7, 11) is 1.52. The number of fused-ring (bicyclic) bond motifs is 1. The lowest BCUT2D eigenvalue weighted by Crippen LogP contribution is -2.54. The molecule has 2 fully saturated rings. The molecule has 2 atom stereocenters. The first-order valence-electron chi connectivity index (χ1n) is 16.0. The van der Waals surface area contributed by atoms with Crippen LogP contribution in [0.15, 0.2) is 48.5 Å². The number of nitrogens with zero attached hydrogens (tertiary/aromatic N) is 1. The molecule has 246 valence electrons. The van der Waals surface area contributed by atoms with Gasteiger partial charge in [-0.3, -0.25) is 9.59 Å². The van der Waals surface area contributed by atoms with Crippen molar-refractivity contribution in [2.45, 2.75) is 88.4 Å². The summed E-state index contributed by atoms with van der Waals surface area (Å²) in [6.07, 6.45) is 7.25. The topological polar surface area (TPSA) is 119 Å². The normalized spacial score (nSPS) is 21.3. The number of ether oxygens (including phenoxy) is 3. The zero-order valence-corrected chi connectivity index (χ0v) is 26.9. The number of methoxy groups -OCH3 is 1. The van der Waals surface area contributed by atoms with E-state index in [4.69, 9.17) is 19.2 Å². The Morgan fingerprint density at radius 1 is 1.09 bits per heavy atom. The van der Waals surface area contributed by atoms with Crippen LogP contribution in [0.5, 0.6) is 17.2 Å². The van der Waals surface area contributed by atoms with Gasteiger partial charge in [0.2, 0.25) is 5.91 Å². The van der Waals surface area contributed by atoms with Crippen molar-refractivity contribution >= 4 is 11.8 Å². The number of rotatable bonds is 10. The first kappa shape index (κ1) is 31.8. The average molecular weight is 634 g/mol. The van der Waals surface area contributed by atoms with Crippen LogP contribution in [0.3, 0.4) is 0 Å². The van der Waals surface area contributed by atoms with E-state index >= 15 is 0 Å². The lowest BCUT2D eigenvalue weighted by Gasteiger charge is -2.37. The van der Waals surface area contributed by atoms with Crippen molar-refractivity contribution < 1.29 is 34.7 Å². The molecule has 0 spiro atoms. The fraction of sp³-hybridized carbons (Fsp3) is 0.472. The van der Waals surface area contributed by atoms with Crippen molar-refractivity contribution in [3.05, 3.63) is 71.2 Å². The van der Waals surface area contributed by atoms with Gasteiger partial charge in [0.25, 0.3) is 5.91 Å². The highest BCUT2D eigenvalue weighted by Crippen LogP contribution is 2.46. The summed E-state index contributed by atoms with van der Waals surface area (Å²) in [6.45, 7) is 5.39. The van der Waals surface area contributed by atoms with Crippen molar-refractivity contribution in [1.82, 2.24) is 15.6 Å². The second-order valence-corrected chi connectivity index (χ2v) is 13.6. The summed E-state index contributed by atoms with van der Waals surface area (Å²) in [5.74, 6) is 0.480. The number of hydrogen-bond acceptors (Lipinski definition) is 7. The molecular formula is C36H44FN3O6. The fourth-order valence-electron chi connectivity index (χ4n) is 6.24. The molecule has 2 amide bonds. The molecule has 3 aromatic rings. The third kappa shape index (κ3) is 6.40. The molecule has 2 saturated carbocycles. The molecule has 2 aliphatic carbocycles. The van der Waals surface area contributed by atoms with E-state index in [0.717, 1.165) is 44.9 Å². The van der Waals surface area contributed by atoms with Crippen LogP contribution in [-0.2, 0) is 15.8 Å². The van der Waals surface area contributed by atoms with E-state index in [-0.39, 0.29) is 37.8 Å². The summed E-state index contributed by atoms with van der Waals surface area (Å²) < 4.78 is 31.3. The molecular weight excluding hydrogens is 589 g/mol. The van der Waals surface area contributed by atoms with E-state index in [0.29, 0.717) is 39.6 Å². The molecule has 6 rings (SSSR count). The summed E-state index contributed by atoms with van der Waals surface area (Å²) in [5.41, 5.74) is -0.896. The monoisotopic (exact) mass is 633 g/mol. The fourth-order valence-corrected chi connectivity index (χ4v) is 6.24. The Balaban J connectivity index is 0.00000433. The second-order valence-electron chi connectivity index (χ2n) is 13.6. The maximum Gasteiger partial charge on any atom is 0.251 e. The van der Waals surface area contributed by atoms with Crippen molar-refractivity contribution in [1.29, 1.82) is 0 Å². The molecule has 0 unspecified atom stereocenters. The zero-order chi connectivity index (χ0) is 32.7. The van der Waals surface area contributed by atoms with Gasteiger partial charge >= 0.3 is 0 Å². The van der Waals surface area contributed by atoms with Gasteiger partial charge < -0.3 is 30.0 Å². The Kier molecular flexibility index (Phi) is 8.43. The molecule has 1 aromatic heterocycles. The highest BCUT2D eigenvalue weighted by molar-refractivity contribution is 5.95. The Hall–Kier alpha value is -4.18. The molecule has 2 aromatic carbocycles. The van der Waals surface area contributed by atoms with E-state index in [1.165, 1.54) is 19.2 Å². The average Bonchev–Trinajstić information content (AvgIpc) is 3.80. The van der Waals surface area contributed by atoms with Crippen LogP contribution in [0.4, 0.5) is 4.39 Å². The van der Waals surface area contributed by atoms with Gasteiger partial charge in [-0.25, -0.2) is 9.37 Å². The Morgan fingerprint density at radius 3 is 2.48 bits per heavy atom. The molecule has 3 aliphatic rings. The number of benzene rings is 2. The molecule has 46 heavy (non-hydrogen) atoms. The Labute approximate surface area is 270 Å². The largest absolute Gasteiger partial charge is 0.493 e. The number of nitrogens with one attached hydrogen (secondary N) is 2. The number of amides is 2. The van der Waals surface area contributed by atoms with E-state index in [1.807, 2.05) is 6.92 Å². The first-order valence-corrected chi connectivity index (χ1v) is 16.0. The van der Waals surface area contributed by atoms with Gasteiger partial charge in [0.05, 0.1) is 25.5 Å².